The largest absolute Gasteiger partial charge is 0.493 e. The number of rotatable bonds is 16. The standard InChI is InChI=1S/C27H30N2O6.C23H24N2O4/c1-3-33-27(32)29-16-21(15-25(30)31)23(17-29)20-10-7-11-22(14-20)34-13-12-24-18(2)35-26(28-24)19-8-5-4-6-9-19;1-15-21(25-22(29-15)16-6-3-2-4-7-16)10-11-28-18-9-5-8-17(12-18)19-13-24-14-20(19)23(26)27/h4-11,14,21,23H,3,12-13,15-17H2,1-2H3,(H,30,31);2-9,12,19-20,24H,10-11,13-14H2,1H3,(H,26,27)/t21-,23+;19-,20+/m10/s1. The van der Waals surface area contributed by atoms with Gasteiger partial charge in [0.25, 0.3) is 0 Å². The van der Waals surface area contributed by atoms with Gasteiger partial charge >= 0.3 is 18.0 Å². The van der Waals surface area contributed by atoms with Crippen molar-refractivity contribution >= 4 is 18.0 Å². The molecule has 4 atom stereocenters. The highest BCUT2D eigenvalue weighted by molar-refractivity contribution is 5.72. The van der Waals surface area contributed by atoms with Gasteiger partial charge in [-0.15, -0.1) is 0 Å². The summed E-state index contributed by atoms with van der Waals surface area (Å²) in [5.74, 6) is 1.82. The maximum atomic E-state index is 12.2. The Morgan fingerprint density at radius 1 is 0.703 bits per heavy atom. The van der Waals surface area contributed by atoms with Gasteiger partial charge in [-0.1, -0.05) is 60.7 Å². The summed E-state index contributed by atoms with van der Waals surface area (Å²) in [6, 6.07) is 34.9. The molecule has 6 aromatic rings. The minimum absolute atomic E-state index is 0.0131. The molecule has 0 bridgehead atoms. The Balaban J connectivity index is 0.000000195. The number of ether oxygens (including phenoxy) is 3. The molecule has 4 heterocycles. The van der Waals surface area contributed by atoms with Gasteiger partial charge in [-0.25, -0.2) is 14.8 Å². The van der Waals surface area contributed by atoms with E-state index in [0.29, 0.717) is 69.8 Å². The number of likely N-dealkylation sites (tertiary alicyclic amines) is 1. The normalized spacial score (nSPS) is 18.0. The summed E-state index contributed by atoms with van der Waals surface area (Å²) in [6.07, 6.45) is 0.806. The molecule has 2 aromatic heterocycles. The third-order valence-electron chi connectivity index (χ3n) is 11.5. The van der Waals surface area contributed by atoms with Crippen molar-refractivity contribution in [2.24, 2.45) is 11.8 Å². The second-order valence-corrected chi connectivity index (χ2v) is 15.9. The van der Waals surface area contributed by atoms with Crippen LogP contribution in [-0.4, -0.2) is 89.1 Å². The van der Waals surface area contributed by atoms with Gasteiger partial charge in [-0.3, -0.25) is 9.59 Å². The van der Waals surface area contributed by atoms with Gasteiger partial charge in [-0.2, -0.15) is 0 Å². The molecule has 2 aliphatic heterocycles. The topological polar surface area (TPSA) is 187 Å². The molecule has 1 amide bonds. The lowest BCUT2D eigenvalue weighted by atomic mass is 9.87. The highest BCUT2D eigenvalue weighted by Crippen LogP contribution is 2.37. The van der Waals surface area contributed by atoms with Crippen LogP contribution < -0.4 is 14.8 Å². The molecule has 3 N–H and O–H groups in total. The van der Waals surface area contributed by atoms with Crippen molar-refractivity contribution in [1.82, 2.24) is 20.2 Å². The van der Waals surface area contributed by atoms with Crippen molar-refractivity contribution in [3.05, 3.63) is 143 Å². The van der Waals surface area contributed by atoms with Gasteiger partial charge in [0, 0.05) is 62.0 Å². The van der Waals surface area contributed by atoms with Crippen LogP contribution in [0.5, 0.6) is 11.5 Å². The minimum atomic E-state index is -0.879. The molecule has 2 saturated heterocycles. The maximum absolute atomic E-state index is 12.2. The van der Waals surface area contributed by atoms with Crippen molar-refractivity contribution in [2.75, 3.05) is 46.0 Å². The number of oxazole rings is 2. The van der Waals surface area contributed by atoms with Crippen LogP contribution in [0.4, 0.5) is 4.79 Å². The number of amides is 1. The number of nitrogens with zero attached hydrogens (tertiary/aromatic N) is 3. The van der Waals surface area contributed by atoms with Crippen molar-refractivity contribution < 1.29 is 47.6 Å². The highest BCUT2D eigenvalue weighted by atomic mass is 16.6. The number of nitrogens with one attached hydrogen (secondary N) is 1. The van der Waals surface area contributed by atoms with E-state index in [-0.39, 0.29) is 30.8 Å². The van der Waals surface area contributed by atoms with Crippen LogP contribution in [0, 0.1) is 25.7 Å². The van der Waals surface area contributed by atoms with E-state index >= 15 is 0 Å². The van der Waals surface area contributed by atoms with Crippen molar-refractivity contribution in [2.45, 2.75) is 51.9 Å². The van der Waals surface area contributed by atoms with Crippen molar-refractivity contribution in [3.8, 4) is 34.4 Å². The first-order valence-electron chi connectivity index (χ1n) is 21.6. The minimum Gasteiger partial charge on any atom is -0.493 e. The molecule has 8 rings (SSSR count). The predicted molar refractivity (Wildman–Crippen MR) is 238 cm³/mol. The SMILES string of the molecule is CCOC(=O)N1C[C@@H](CC(=O)O)[C@H](c2cccc(OCCc3nc(-c4ccccc4)oc3C)c2)C1.Cc1oc(-c2ccccc2)nc1CCOc1cccc([C@@H]2CNC[C@H]2C(=O)O)c1. The summed E-state index contributed by atoms with van der Waals surface area (Å²) in [6.45, 7) is 8.67. The number of carbonyl (C=O) groups is 3. The zero-order valence-electron chi connectivity index (χ0n) is 36.3. The van der Waals surface area contributed by atoms with Crippen LogP contribution in [0.1, 0.15) is 59.2 Å². The van der Waals surface area contributed by atoms with Crippen LogP contribution in [0.2, 0.25) is 0 Å². The van der Waals surface area contributed by atoms with Gasteiger partial charge < -0.3 is 43.5 Å². The summed E-state index contributed by atoms with van der Waals surface area (Å²) in [5.41, 5.74) is 5.55. The van der Waals surface area contributed by atoms with Crippen LogP contribution >= 0.6 is 0 Å². The first kappa shape index (κ1) is 45.1. The molecule has 334 valence electrons. The molecular weight excluding hydrogens is 817 g/mol. The van der Waals surface area contributed by atoms with E-state index in [1.54, 1.807) is 11.8 Å². The quantitative estimate of drug-likeness (QED) is 0.0841. The number of hydrogen-bond donors (Lipinski definition) is 3. The lowest BCUT2D eigenvalue weighted by Crippen LogP contribution is -2.29. The number of carboxylic acid groups (broad SMARTS) is 2. The van der Waals surface area contributed by atoms with Gasteiger partial charge in [0.05, 0.1) is 43.5 Å². The molecule has 0 spiro atoms. The van der Waals surface area contributed by atoms with E-state index in [4.69, 9.17) is 23.0 Å². The summed E-state index contributed by atoms with van der Waals surface area (Å²) >= 11 is 0. The number of aromatic nitrogens is 2. The summed E-state index contributed by atoms with van der Waals surface area (Å²) in [5, 5.41) is 21.9. The van der Waals surface area contributed by atoms with E-state index in [1.165, 1.54) is 0 Å². The smallest absolute Gasteiger partial charge is 0.409 e. The molecule has 0 unspecified atom stereocenters. The van der Waals surface area contributed by atoms with E-state index in [9.17, 15) is 24.6 Å². The Bertz CT molecular complexity index is 2490. The molecule has 4 aromatic carbocycles. The Morgan fingerprint density at radius 3 is 1.73 bits per heavy atom. The summed E-state index contributed by atoms with van der Waals surface area (Å²) in [7, 11) is 0. The molecule has 14 heteroatoms. The molecular formula is C50H54N4O10. The predicted octanol–water partition coefficient (Wildman–Crippen LogP) is 8.58. The van der Waals surface area contributed by atoms with Crippen LogP contribution in [0.15, 0.2) is 118 Å². The van der Waals surface area contributed by atoms with Gasteiger partial charge in [0.2, 0.25) is 11.8 Å². The van der Waals surface area contributed by atoms with Crippen molar-refractivity contribution in [3.63, 3.8) is 0 Å². The molecule has 0 aliphatic carbocycles. The zero-order chi connectivity index (χ0) is 45.0. The number of aliphatic carboxylic acids is 2. The van der Waals surface area contributed by atoms with E-state index in [2.05, 4.69) is 15.3 Å². The first-order valence-corrected chi connectivity index (χ1v) is 21.6. The average molecular weight is 871 g/mol. The molecule has 2 fully saturated rings. The molecule has 0 radical (unpaired) electrons. The van der Waals surface area contributed by atoms with Crippen molar-refractivity contribution in [1.29, 1.82) is 0 Å². The van der Waals surface area contributed by atoms with Gasteiger partial charge in [0.1, 0.15) is 23.0 Å². The van der Waals surface area contributed by atoms with Crippen LogP contribution in [-0.2, 0) is 27.2 Å². The summed E-state index contributed by atoms with van der Waals surface area (Å²) < 4.78 is 28.7. The van der Waals surface area contributed by atoms with Gasteiger partial charge in [0.15, 0.2) is 0 Å². The fourth-order valence-corrected chi connectivity index (χ4v) is 8.26. The average Bonchev–Trinajstić information content (AvgIpc) is 4.12. The monoisotopic (exact) mass is 870 g/mol. The fourth-order valence-electron chi connectivity index (χ4n) is 8.26. The van der Waals surface area contributed by atoms with E-state index in [1.807, 2.05) is 123 Å². The molecule has 2 aliphatic rings. The Hall–Kier alpha value is -6.93. The third-order valence-corrected chi connectivity index (χ3v) is 11.5. The molecule has 64 heavy (non-hydrogen) atoms. The number of aryl methyl sites for hydroxylation is 2. The van der Waals surface area contributed by atoms with Gasteiger partial charge in [-0.05, 0) is 86.3 Å². The third kappa shape index (κ3) is 11.5. The lowest BCUT2D eigenvalue weighted by molar-refractivity contribution is -0.141. The number of hydrogen-bond acceptors (Lipinski definition) is 11. The number of carbonyl (C=O) groups excluding carboxylic acids is 1. The van der Waals surface area contributed by atoms with E-state index < -0.39 is 23.9 Å². The Labute approximate surface area is 372 Å². The fraction of sp³-hybridized carbons (Fsp3) is 0.340. The maximum Gasteiger partial charge on any atom is 0.409 e. The first-order chi connectivity index (χ1) is 31.1. The highest BCUT2D eigenvalue weighted by Gasteiger charge is 2.38. The van der Waals surface area contributed by atoms with Crippen LogP contribution in [0.25, 0.3) is 22.9 Å². The van der Waals surface area contributed by atoms with Crippen LogP contribution in [0.3, 0.4) is 0 Å². The number of carboxylic acids is 2. The Morgan fingerprint density at radius 2 is 1.23 bits per heavy atom. The zero-order valence-corrected chi connectivity index (χ0v) is 36.3. The van der Waals surface area contributed by atoms with E-state index in [0.717, 1.165) is 50.9 Å². The second-order valence-electron chi connectivity index (χ2n) is 15.9. The number of benzene rings is 4. The molecule has 0 saturated carbocycles. The second kappa shape index (κ2) is 21.4. The molecule has 14 nitrogen and oxygen atoms in total. The Kier molecular flexibility index (Phi) is 15.1. The summed E-state index contributed by atoms with van der Waals surface area (Å²) in [4.78, 5) is 45.9. The lowest BCUT2D eigenvalue weighted by Gasteiger charge is -2.18.